The van der Waals surface area contributed by atoms with Crippen molar-refractivity contribution in [2.75, 3.05) is 18.5 Å². The maximum Gasteiger partial charge on any atom is 0.306 e. The molecule has 8 atom stereocenters. The molecule has 2 N–H and O–H groups in total. The molecule has 4 aliphatic rings. The molecule has 3 saturated carbocycles. The molecule has 332 valence electrons. The second kappa shape index (κ2) is 19.1. The van der Waals surface area contributed by atoms with Crippen molar-refractivity contribution in [1.82, 2.24) is 15.0 Å². The zero-order valence-electron chi connectivity index (χ0n) is 36.6. The first-order valence-corrected chi connectivity index (χ1v) is 23.6. The van der Waals surface area contributed by atoms with Crippen molar-refractivity contribution < 1.29 is 33.1 Å². The van der Waals surface area contributed by atoms with Crippen LogP contribution in [-0.2, 0) is 30.9 Å². The number of carbonyl (C=O) groups is 3. The monoisotopic (exact) mass is 924 g/mol. The van der Waals surface area contributed by atoms with E-state index in [4.69, 9.17) is 25.9 Å². The number of aromatic nitrogens is 2. The Morgan fingerprint density at radius 2 is 1.80 bits per heavy atom. The highest BCUT2D eigenvalue weighted by atomic mass is 79.9. The lowest BCUT2D eigenvalue weighted by Crippen LogP contribution is -2.51. The van der Waals surface area contributed by atoms with Crippen molar-refractivity contribution in [3.05, 3.63) is 63.1 Å². The number of esters is 2. The van der Waals surface area contributed by atoms with Crippen LogP contribution in [0.2, 0.25) is 5.02 Å². The average molecular weight is 926 g/mol. The number of ether oxygens (including phenoxy) is 2. The van der Waals surface area contributed by atoms with Crippen LogP contribution in [0.5, 0.6) is 0 Å². The Labute approximate surface area is 373 Å². The first-order chi connectivity index (χ1) is 29.1. The number of aryl methyl sites for hydroxylation is 1. The molecule has 3 fully saturated rings. The van der Waals surface area contributed by atoms with Crippen LogP contribution in [0.15, 0.2) is 46.7 Å². The van der Waals surface area contributed by atoms with Gasteiger partial charge in [0.1, 0.15) is 24.8 Å². The third kappa shape index (κ3) is 9.71. The fourth-order valence-corrected chi connectivity index (χ4v) is 12.6. The molecule has 13 heteroatoms. The first-order valence-electron chi connectivity index (χ1n) is 22.4. The fourth-order valence-electron chi connectivity index (χ4n) is 11.9. The number of anilines is 2. The van der Waals surface area contributed by atoms with Crippen LogP contribution < -0.4 is 10.8 Å². The van der Waals surface area contributed by atoms with Crippen molar-refractivity contribution in [3.8, 4) is 0 Å². The molecule has 1 heterocycles. The molecular weight excluding hydrogens is 863 g/mol. The maximum absolute atomic E-state index is 15.7. The molecule has 0 saturated heterocycles. The van der Waals surface area contributed by atoms with Crippen molar-refractivity contribution in [2.45, 2.75) is 124 Å². The summed E-state index contributed by atoms with van der Waals surface area (Å²) in [6, 6.07) is 6.52. The van der Waals surface area contributed by atoms with Gasteiger partial charge in [0, 0.05) is 17.9 Å². The topological polar surface area (TPSA) is 121 Å². The Kier molecular flexibility index (Phi) is 14.3. The van der Waals surface area contributed by atoms with Gasteiger partial charge in [-0.25, -0.2) is 14.9 Å². The number of nitrogens with zero attached hydrogens (tertiary/aromatic N) is 2. The van der Waals surface area contributed by atoms with Gasteiger partial charge in [0.25, 0.3) is 5.91 Å². The van der Waals surface area contributed by atoms with E-state index in [1.807, 2.05) is 0 Å². The zero-order valence-corrected chi connectivity index (χ0v) is 38.9. The number of fused-ring (bicyclic) bond motifs is 6. The Hall–Kier alpha value is -3.48. The van der Waals surface area contributed by atoms with Crippen LogP contribution in [0.4, 0.5) is 15.8 Å². The summed E-state index contributed by atoms with van der Waals surface area (Å²) in [5.74, 6) is 2.22. The standard InChI is InChI=1S/C48H63BrClFN4O6/c1-28(2)8-7-9-29(3)35-13-14-36-33-12-10-30-24-32(18-20-47(30,4)37(33)19-21-48(35,36)5)61-42(57)17-16-41(56)59-22-23-60-54-46(58)34-26-40-45(52-27-55(40)6)43(51)44(34)53-39-15-11-31(49)25-38(39)50/h10-11,15,25-29,32-33,35-37,53H,7-9,12-14,16-24H2,1-6H3,(H,54,58). The second-order valence-corrected chi connectivity index (χ2v) is 20.6. The molecule has 10 nitrogen and oxygen atoms in total. The normalized spacial score (nSPS) is 27.4. The Bertz CT molecular complexity index is 2140. The zero-order chi connectivity index (χ0) is 43.6. The summed E-state index contributed by atoms with van der Waals surface area (Å²) in [6.45, 7) is 12.0. The number of benzene rings is 2. The van der Waals surface area contributed by atoms with E-state index < -0.39 is 23.7 Å². The average Bonchev–Trinajstić information content (AvgIpc) is 3.77. The van der Waals surface area contributed by atoms with E-state index >= 15 is 4.39 Å². The SMILES string of the molecule is CC(C)CCCC(C)C1CCC2C3CC=C4CC(OC(=O)CCC(=O)OCCONC(=O)c5cc6c(ncn6C)c(F)c5Nc5ccc(Br)cc5Cl)CCC4(C)C3CCC12C. The largest absolute Gasteiger partial charge is 0.463 e. The van der Waals surface area contributed by atoms with Gasteiger partial charge >= 0.3 is 11.9 Å². The second-order valence-electron chi connectivity index (χ2n) is 19.2. The van der Waals surface area contributed by atoms with E-state index in [0.717, 1.165) is 59.7 Å². The van der Waals surface area contributed by atoms with Crippen LogP contribution in [0, 0.1) is 52.2 Å². The third-order valence-electron chi connectivity index (χ3n) is 15.1. The van der Waals surface area contributed by atoms with Crippen molar-refractivity contribution in [2.24, 2.45) is 53.4 Å². The number of nitrogens with one attached hydrogen (secondary N) is 2. The first kappa shape index (κ1) is 45.5. The summed E-state index contributed by atoms with van der Waals surface area (Å²) < 4.78 is 29.3. The number of imidazole rings is 1. The van der Waals surface area contributed by atoms with Gasteiger partial charge in [-0.1, -0.05) is 93.1 Å². The quantitative estimate of drug-likeness (QED) is 0.0631. The molecule has 0 radical (unpaired) electrons. The molecule has 0 bridgehead atoms. The van der Waals surface area contributed by atoms with Gasteiger partial charge in [-0.05, 0) is 116 Å². The predicted molar refractivity (Wildman–Crippen MR) is 240 cm³/mol. The van der Waals surface area contributed by atoms with E-state index in [1.165, 1.54) is 62.9 Å². The van der Waals surface area contributed by atoms with E-state index in [2.05, 4.69) is 72.4 Å². The molecule has 2 aromatic carbocycles. The maximum atomic E-state index is 15.7. The lowest BCUT2D eigenvalue weighted by Gasteiger charge is -2.58. The number of amides is 1. The highest BCUT2D eigenvalue weighted by molar-refractivity contribution is 9.10. The van der Waals surface area contributed by atoms with E-state index in [0.29, 0.717) is 27.6 Å². The van der Waals surface area contributed by atoms with Crippen molar-refractivity contribution >= 4 is 67.8 Å². The number of rotatable bonds is 16. The number of hydrogen-bond acceptors (Lipinski definition) is 8. The molecule has 7 rings (SSSR count). The molecule has 0 spiro atoms. The van der Waals surface area contributed by atoms with Gasteiger partial charge in [0.05, 0.1) is 46.6 Å². The van der Waals surface area contributed by atoms with Gasteiger partial charge in [-0.3, -0.25) is 19.2 Å². The summed E-state index contributed by atoms with van der Waals surface area (Å²) >= 11 is 9.72. The van der Waals surface area contributed by atoms with Crippen molar-refractivity contribution in [3.63, 3.8) is 0 Å². The number of allylic oxidation sites excluding steroid dienone is 1. The number of carbonyl (C=O) groups excluding carboxylic acids is 3. The molecule has 61 heavy (non-hydrogen) atoms. The van der Waals surface area contributed by atoms with Gasteiger partial charge in [-0.15, -0.1) is 0 Å². The van der Waals surface area contributed by atoms with Gasteiger partial charge in [-0.2, -0.15) is 0 Å². The van der Waals surface area contributed by atoms with E-state index in [9.17, 15) is 14.4 Å². The van der Waals surface area contributed by atoms with E-state index in [-0.39, 0.29) is 54.3 Å². The predicted octanol–water partition coefficient (Wildman–Crippen LogP) is 11.8. The summed E-state index contributed by atoms with van der Waals surface area (Å²) in [7, 11) is 1.69. The lowest BCUT2D eigenvalue weighted by molar-refractivity contribution is -0.156. The van der Waals surface area contributed by atoms with Gasteiger partial charge < -0.3 is 19.4 Å². The Morgan fingerprint density at radius 3 is 2.57 bits per heavy atom. The van der Waals surface area contributed by atoms with E-state index in [1.54, 1.807) is 29.8 Å². The smallest absolute Gasteiger partial charge is 0.306 e. The Morgan fingerprint density at radius 1 is 1.02 bits per heavy atom. The number of hydrogen-bond donors (Lipinski definition) is 2. The highest BCUT2D eigenvalue weighted by Crippen LogP contribution is 2.67. The van der Waals surface area contributed by atoms with Gasteiger partial charge in [0.15, 0.2) is 5.82 Å². The minimum absolute atomic E-state index is 0.0498. The molecular formula is C48H63BrClFN4O6. The molecule has 4 aliphatic carbocycles. The van der Waals surface area contributed by atoms with Crippen molar-refractivity contribution in [1.29, 1.82) is 0 Å². The summed E-state index contributed by atoms with van der Waals surface area (Å²) in [5, 5.41) is 3.23. The minimum atomic E-state index is -0.736. The molecule has 0 aliphatic heterocycles. The molecule has 1 amide bonds. The summed E-state index contributed by atoms with van der Waals surface area (Å²) in [5.41, 5.74) is 5.06. The van der Waals surface area contributed by atoms with Crippen LogP contribution in [0.1, 0.15) is 128 Å². The van der Waals surface area contributed by atoms with Gasteiger partial charge in [0.2, 0.25) is 0 Å². The summed E-state index contributed by atoms with van der Waals surface area (Å²) in [6.07, 6.45) is 16.8. The molecule has 1 aromatic heterocycles. The highest BCUT2D eigenvalue weighted by Gasteiger charge is 2.59. The third-order valence-corrected chi connectivity index (χ3v) is 15.9. The fraction of sp³-hybridized carbons (Fsp3) is 0.625. The molecule has 3 aromatic rings. The van der Waals surface area contributed by atoms with Crippen LogP contribution in [0.3, 0.4) is 0 Å². The minimum Gasteiger partial charge on any atom is -0.463 e. The number of hydroxylamine groups is 1. The van der Waals surface area contributed by atoms with Crippen LogP contribution in [0.25, 0.3) is 11.0 Å². The number of halogens is 3. The summed E-state index contributed by atoms with van der Waals surface area (Å²) in [4.78, 5) is 48.2. The van der Waals surface area contributed by atoms with Crippen LogP contribution in [-0.4, -0.2) is 46.7 Å². The van der Waals surface area contributed by atoms with Crippen LogP contribution >= 0.6 is 27.5 Å². The lowest BCUT2D eigenvalue weighted by atomic mass is 9.47. The molecule has 8 unspecified atom stereocenters. The Balaban J connectivity index is 0.843.